The van der Waals surface area contributed by atoms with Crippen LogP contribution >= 0.6 is 19.2 Å². The molecule has 2 aromatic carbocycles. The van der Waals surface area contributed by atoms with Gasteiger partial charge in [-0.15, -0.1) is 0 Å². The molecule has 1 fully saturated rings. The van der Waals surface area contributed by atoms with E-state index in [1.54, 1.807) is 17.8 Å². The summed E-state index contributed by atoms with van der Waals surface area (Å²) in [6.45, 7) is 0.939. The van der Waals surface area contributed by atoms with Crippen LogP contribution in [0.25, 0.3) is 0 Å². The van der Waals surface area contributed by atoms with E-state index < -0.39 is 7.44 Å². The Morgan fingerprint density at radius 3 is 2.64 bits per heavy atom. The number of rotatable bonds is 2. The maximum absolute atomic E-state index is 14.0. The van der Waals surface area contributed by atoms with Crippen molar-refractivity contribution in [3.05, 3.63) is 65.7 Å². The van der Waals surface area contributed by atoms with Gasteiger partial charge in [-0.2, -0.15) is 0 Å². The summed E-state index contributed by atoms with van der Waals surface area (Å²) >= 11 is 1.50. The number of nitrogens with zero attached hydrogens (tertiary/aromatic N) is 3. The molecule has 2 aliphatic rings. The second kappa shape index (κ2) is 6.36. The van der Waals surface area contributed by atoms with Crippen molar-refractivity contribution in [2.75, 3.05) is 24.0 Å². The molecular weight excluding hydrogens is 353 g/mol. The molecule has 1 atom stereocenters. The summed E-state index contributed by atoms with van der Waals surface area (Å²) in [6.07, 6.45) is 0. The highest BCUT2D eigenvalue weighted by molar-refractivity contribution is 8.27. The van der Waals surface area contributed by atoms with Gasteiger partial charge in [0.05, 0.1) is 17.8 Å². The Bertz CT molecular complexity index is 900. The number of carbonyl (C=O) groups is 1. The van der Waals surface area contributed by atoms with E-state index in [2.05, 4.69) is 4.99 Å². The number of aliphatic imine (C=N–C) groups is 1. The molecule has 25 heavy (non-hydrogen) atoms. The summed E-state index contributed by atoms with van der Waals surface area (Å²) in [7, 11) is -1.42. The number of amides is 1. The van der Waals surface area contributed by atoms with Gasteiger partial charge in [-0.05, 0) is 17.7 Å². The number of carbonyl (C=O) groups excluding carboxylic acids is 1. The fourth-order valence-corrected chi connectivity index (χ4v) is 7.75. The summed E-state index contributed by atoms with van der Waals surface area (Å²) in [5, 5.41) is 0. The number of hydrogen-bond acceptors (Lipinski definition) is 4. The van der Waals surface area contributed by atoms with Crippen molar-refractivity contribution < 1.29 is 9.36 Å². The number of benzene rings is 2. The SMILES string of the molecule is CN1c2ccccc2C(=O)N2CCSC(=NCc3ccccc3)P21=O. The molecule has 0 spiro atoms. The summed E-state index contributed by atoms with van der Waals surface area (Å²) in [5.41, 5.74) is 2.37. The summed E-state index contributed by atoms with van der Waals surface area (Å²) in [6, 6.07) is 17.2. The van der Waals surface area contributed by atoms with Gasteiger partial charge in [-0.1, -0.05) is 54.2 Å². The summed E-state index contributed by atoms with van der Waals surface area (Å²) in [5.74, 6) is 0.545. The predicted octanol–water partition coefficient (Wildman–Crippen LogP) is 4.07. The van der Waals surface area contributed by atoms with Gasteiger partial charge in [0.1, 0.15) is 0 Å². The lowest BCUT2D eigenvalue weighted by Gasteiger charge is -2.45. The van der Waals surface area contributed by atoms with Crippen LogP contribution < -0.4 is 4.67 Å². The van der Waals surface area contributed by atoms with Crippen molar-refractivity contribution in [1.29, 1.82) is 0 Å². The monoisotopic (exact) mass is 371 g/mol. The minimum absolute atomic E-state index is 0.162. The average molecular weight is 371 g/mol. The van der Waals surface area contributed by atoms with Crippen molar-refractivity contribution in [2.24, 2.45) is 4.99 Å². The van der Waals surface area contributed by atoms with Gasteiger partial charge in [0.25, 0.3) is 5.91 Å². The van der Waals surface area contributed by atoms with Crippen LogP contribution in [0.4, 0.5) is 5.69 Å². The first-order valence-corrected chi connectivity index (χ1v) is 10.7. The van der Waals surface area contributed by atoms with Crippen molar-refractivity contribution in [2.45, 2.75) is 6.54 Å². The summed E-state index contributed by atoms with van der Waals surface area (Å²) < 4.78 is 17.2. The maximum Gasteiger partial charge on any atom is 0.318 e. The Morgan fingerprint density at radius 1 is 1.12 bits per heavy atom. The van der Waals surface area contributed by atoms with Crippen molar-refractivity contribution in [3.8, 4) is 0 Å². The largest absolute Gasteiger partial charge is 0.318 e. The molecule has 128 valence electrons. The van der Waals surface area contributed by atoms with Gasteiger partial charge < -0.3 is 4.67 Å². The van der Waals surface area contributed by atoms with Gasteiger partial charge in [-0.25, -0.2) is 0 Å². The Morgan fingerprint density at radius 2 is 1.84 bits per heavy atom. The molecule has 1 amide bonds. The van der Waals surface area contributed by atoms with Gasteiger partial charge in [0.15, 0.2) is 4.78 Å². The molecule has 0 N–H and O–H groups in total. The van der Waals surface area contributed by atoms with Gasteiger partial charge in [0, 0.05) is 19.3 Å². The molecule has 0 bridgehead atoms. The third-order valence-electron chi connectivity index (χ3n) is 4.47. The van der Waals surface area contributed by atoms with Crippen LogP contribution in [0.3, 0.4) is 0 Å². The highest BCUT2D eigenvalue weighted by atomic mass is 32.2. The number of fused-ring (bicyclic) bond motifs is 2. The van der Waals surface area contributed by atoms with Crippen molar-refractivity contribution in [1.82, 2.24) is 4.67 Å². The maximum atomic E-state index is 14.0. The molecule has 1 unspecified atom stereocenters. The second-order valence-corrected chi connectivity index (χ2v) is 9.93. The van der Waals surface area contributed by atoms with Crippen LogP contribution in [0, 0.1) is 0 Å². The Kier molecular flexibility index (Phi) is 4.18. The standard InChI is InChI=1S/C18H18N3O2PS/c1-20-16-10-6-5-9-15(16)17(22)21-11-12-25-18(24(20,21)23)19-13-14-7-3-2-4-8-14/h2-10H,11-13H2,1H3. The first-order chi connectivity index (χ1) is 12.1. The zero-order chi connectivity index (χ0) is 17.4. The van der Waals surface area contributed by atoms with Gasteiger partial charge >= 0.3 is 7.44 Å². The molecule has 0 aliphatic carbocycles. The lowest BCUT2D eigenvalue weighted by Crippen LogP contribution is -2.45. The average Bonchev–Trinajstić information content (AvgIpc) is 2.66. The number of anilines is 1. The Labute approximate surface area is 151 Å². The van der Waals surface area contributed by atoms with Crippen molar-refractivity contribution in [3.63, 3.8) is 0 Å². The van der Waals surface area contributed by atoms with Gasteiger partial charge in [0.2, 0.25) is 0 Å². The molecule has 1 saturated heterocycles. The molecular formula is C18H18N3O2PS. The minimum Gasteiger partial charge on any atom is -0.304 e. The zero-order valence-electron chi connectivity index (χ0n) is 13.8. The van der Waals surface area contributed by atoms with E-state index in [1.165, 1.54) is 16.4 Å². The van der Waals surface area contributed by atoms with E-state index in [0.29, 0.717) is 34.9 Å². The smallest absolute Gasteiger partial charge is 0.304 e. The molecule has 7 heteroatoms. The van der Waals surface area contributed by atoms with E-state index in [0.717, 1.165) is 5.56 Å². The molecule has 2 aromatic rings. The molecule has 0 aromatic heterocycles. The molecule has 0 saturated carbocycles. The van der Waals surface area contributed by atoms with Crippen molar-refractivity contribution >= 4 is 35.6 Å². The third-order valence-corrected chi connectivity index (χ3v) is 9.05. The highest BCUT2D eigenvalue weighted by Gasteiger charge is 2.50. The van der Waals surface area contributed by atoms with E-state index in [1.807, 2.05) is 48.5 Å². The topological polar surface area (TPSA) is 53.0 Å². The van der Waals surface area contributed by atoms with Crippen LogP contribution in [0.5, 0.6) is 0 Å². The number of thioether (sulfide) groups is 1. The first-order valence-electron chi connectivity index (χ1n) is 8.10. The fraction of sp³-hybridized carbons (Fsp3) is 0.222. The van der Waals surface area contributed by atoms with Crippen LogP contribution in [0.15, 0.2) is 59.6 Å². The number of hydrogen-bond donors (Lipinski definition) is 0. The quantitative estimate of drug-likeness (QED) is 0.747. The van der Waals surface area contributed by atoms with Crippen LogP contribution in [0.1, 0.15) is 15.9 Å². The molecule has 4 rings (SSSR count). The van der Waals surface area contributed by atoms with Crippen LogP contribution in [-0.2, 0) is 11.1 Å². The van der Waals surface area contributed by atoms with E-state index in [4.69, 9.17) is 0 Å². The second-order valence-electron chi connectivity index (χ2n) is 5.95. The molecule has 2 aliphatic heterocycles. The molecule has 2 heterocycles. The van der Waals surface area contributed by atoms with E-state index in [9.17, 15) is 9.36 Å². The molecule has 0 radical (unpaired) electrons. The highest BCUT2D eigenvalue weighted by Crippen LogP contribution is 2.63. The molecule has 5 nitrogen and oxygen atoms in total. The predicted molar refractivity (Wildman–Crippen MR) is 104 cm³/mol. The number of para-hydroxylation sites is 1. The summed E-state index contributed by atoms with van der Waals surface area (Å²) in [4.78, 5) is 18.1. The lowest BCUT2D eigenvalue weighted by molar-refractivity contribution is 0.0862. The normalized spacial score (nSPS) is 24.2. The lowest BCUT2D eigenvalue weighted by atomic mass is 10.1. The fourth-order valence-electron chi connectivity index (χ4n) is 3.16. The Balaban J connectivity index is 1.76. The van der Waals surface area contributed by atoms with E-state index >= 15 is 0 Å². The Hall–Kier alpha value is -2.04. The zero-order valence-corrected chi connectivity index (χ0v) is 15.5. The van der Waals surface area contributed by atoms with Gasteiger partial charge in [-0.3, -0.25) is 19.0 Å². The minimum atomic E-state index is -3.21. The van der Waals surface area contributed by atoms with E-state index in [-0.39, 0.29) is 5.91 Å². The third kappa shape index (κ3) is 2.60. The first kappa shape index (κ1) is 16.4. The van der Waals surface area contributed by atoms with Crippen LogP contribution in [-0.4, -0.2) is 34.7 Å². The van der Waals surface area contributed by atoms with Crippen LogP contribution in [0.2, 0.25) is 0 Å².